The van der Waals surface area contributed by atoms with E-state index in [-0.39, 0.29) is 23.3 Å². The number of nitro groups is 1. The lowest BCUT2D eigenvalue weighted by molar-refractivity contribution is -0.384. The van der Waals surface area contributed by atoms with Gasteiger partial charge in [0.2, 0.25) is 0 Å². The summed E-state index contributed by atoms with van der Waals surface area (Å²) in [5.74, 6) is -0.0686. The molecule has 1 aromatic rings. The number of ether oxygens (including phenoxy) is 1. The normalized spacial score (nSPS) is 14.7. The minimum absolute atomic E-state index is 0.00994. The Bertz CT molecular complexity index is 412. The predicted molar refractivity (Wildman–Crippen MR) is 51.5 cm³/mol. The van der Waals surface area contributed by atoms with Crippen molar-refractivity contribution >= 4 is 11.7 Å². The van der Waals surface area contributed by atoms with Crippen LogP contribution in [-0.4, -0.2) is 10.9 Å². The number of nitrogens with zero attached hydrogens (tertiary/aromatic N) is 1. The third-order valence-corrected chi connectivity index (χ3v) is 2.16. The average Bonchev–Trinajstić information content (AvgIpc) is 3.01. The molecule has 78 valence electrons. The lowest BCUT2D eigenvalue weighted by atomic mass is 10.3. The molecule has 1 saturated carbocycles. The quantitative estimate of drug-likeness (QED) is 0.328. The molecule has 0 N–H and O–H groups in total. The molecule has 1 aliphatic rings. The molecule has 0 bridgehead atoms. The van der Waals surface area contributed by atoms with Gasteiger partial charge in [-0.2, -0.15) is 0 Å². The molecule has 5 nitrogen and oxygen atoms in total. The van der Waals surface area contributed by atoms with Crippen molar-refractivity contribution in [1.82, 2.24) is 0 Å². The molecular formula is C10H9NO4. The van der Waals surface area contributed by atoms with Gasteiger partial charge >= 0.3 is 5.97 Å². The maximum Gasteiger partial charge on any atom is 0.314 e. The van der Waals surface area contributed by atoms with Gasteiger partial charge in [-0.15, -0.1) is 0 Å². The Labute approximate surface area is 85.8 Å². The average molecular weight is 207 g/mol. The number of nitro benzene ring substituents is 1. The molecule has 15 heavy (non-hydrogen) atoms. The van der Waals surface area contributed by atoms with Crippen LogP contribution in [0.5, 0.6) is 5.75 Å². The largest absolute Gasteiger partial charge is 0.426 e. The van der Waals surface area contributed by atoms with Crippen LogP contribution in [0.2, 0.25) is 0 Å². The van der Waals surface area contributed by atoms with Crippen LogP contribution in [0.25, 0.3) is 0 Å². The third kappa shape index (κ3) is 2.31. The molecule has 1 aromatic carbocycles. The van der Waals surface area contributed by atoms with Crippen LogP contribution >= 0.6 is 0 Å². The fraction of sp³-hybridized carbons (Fsp3) is 0.300. The fourth-order valence-corrected chi connectivity index (χ4v) is 1.18. The van der Waals surface area contributed by atoms with Crippen LogP contribution in [-0.2, 0) is 4.79 Å². The number of non-ortho nitro benzene ring substituents is 1. The van der Waals surface area contributed by atoms with Crippen LogP contribution in [0.15, 0.2) is 24.3 Å². The molecule has 1 aliphatic carbocycles. The molecule has 0 aromatic heterocycles. The second-order valence-electron chi connectivity index (χ2n) is 3.45. The first kappa shape index (κ1) is 9.64. The summed E-state index contributed by atoms with van der Waals surface area (Å²) in [6.45, 7) is 0. The Morgan fingerprint density at radius 1 is 1.47 bits per heavy atom. The summed E-state index contributed by atoms with van der Waals surface area (Å²) in [4.78, 5) is 21.2. The summed E-state index contributed by atoms with van der Waals surface area (Å²) < 4.78 is 4.99. The molecule has 5 heteroatoms. The standard InChI is InChI=1S/C10H9NO4/c12-10(7-4-5-7)15-9-3-1-2-8(6-9)11(13)14/h1-3,6-7H,4-5H2. The van der Waals surface area contributed by atoms with Crippen molar-refractivity contribution in [3.63, 3.8) is 0 Å². The zero-order chi connectivity index (χ0) is 10.8. The van der Waals surface area contributed by atoms with E-state index >= 15 is 0 Å². The lowest BCUT2D eigenvalue weighted by Crippen LogP contribution is -2.09. The van der Waals surface area contributed by atoms with Gasteiger partial charge in [0.15, 0.2) is 0 Å². The Balaban J connectivity index is 2.10. The molecule has 0 radical (unpaired) electrons. The molecule has 0 amide bonds. The zero-order valence-corrected chi connectivity index (χ0v) is 7.88. The Morgan fingerprint density at radius 2 is 2.20 bits per heavy atom. The topological polar surface area (TPSA) is 69.4 Å². The number of carbonyl (C=O) groups is 1. The van der Waals surface area contributed by atoms with Crippen molar-refractivity contribution in [3.05, 3.63) is 34.4 Å². The van der Waals surface area contributed by atoms with Crippen LogP contribution in [0, 0.1) is 16.0 Å². The molecule has 0 aliphatic heterocycles. The Kier molecular flexibility index (Phi) is 2.37. The SMILES string of the molecule is O=C(Oc1cccc([N+](=O)[O-])c1)C1CC1. The molecule has 0 unspecified atom stereocenters. The van der Waals surface area contributed by atoms with E-state index in [9.17, 15) is 14.9 Å². The van der Waals surface area contributed by atoms with Crippen molar-refractivity contribution in [2.75, 3.05) is 0 Å². The predicted octanol–water partition coefficient (Wildman–Crippen LogP) is 1.91. The van der Waals surface area contributed by atoms with Crippen LogP contribution < -0.4 is 4.74 Å². The van der Waals surface area contributed by atoms with Crippen LogP contribution in [0.1, 0.15) is 12.8 Å². The molecule has 0 saturated heterocycles. The van der Waals surface area contributed by atoms with E-state index in [0.717, 1.165) is 12.8 Å². The second kappa shape index (κ2) is 3.68. The van der Waals surface area contributed by atoms with E-state index in [0.29, 0.717) is 0 Å². The van der Waals surface area contributed by atoms with Crippen molar-refractivity contribution in [2.45, 2.75) is 12.8 Å². The maximum atomic E-state index is 11.3. The summed E-state index contributed by atoms with van der Waals surface area (Å²) in [5, 5.41) is 10.5. The molecule has 0 heterocycles. The van der Waals surface area contributed by atoms with Gasteiger partial charge in [-0.25, -0.2) is 0 Å². The summed E-state index contributed by atoms with van der Waals surface area (Å²) in [6.07, 6.45) is 1.71. The van der Waals surface area contributed by atoms with Crippen LogP contribution in [0.4, 0.5) is 5.69 Å². The molecule has 0 spiro atoms. The minimum atomic E-state index is -0.519. The first-order valence-electron chi connectivity index (χ1n) is 4.63. The molecule has 2 rings (SSSR count). The van der Waals surface area contributed by atoms with Gasteiger partial charge in [-0.3, -0.25) is 14.9 Å². The summed E-state index contributed by atoms with van der Waals surface area (Å²) in [5.41, 5.74) is -0.0731. The van der Waals surface area contributed by atoms with Gasteiger partial charge in [0, 0.05) is 6.07 Å². The fourth-order valence-electron chi connectivity index (χ4n) is 1.18. The van der Waals surface area contributed by atoms with Crippen LogP contribution in [0.3, 0.4) is 0 Å². The number of benzene rings is 1. The first-order chi connectivity index (χ1) is 7.16. The zero-order valence-electron chi connectivity index (χ0n) is 7.88. The molecular weight excluding hydrogens is 198 g/mol. The Morgan fingerprint density at radius 3 is 2.80 bits per heavy atom. The molecule has 1 fully saturated rings. The second-order valence-corrected chi connectivity index (χ2v) is 3.45. The van der Waals surface area contributed by atoms with Crippen molar-refractivity contribution in [2.24, 2.45) is 5.92 Å². The van der Waals surface area contributed by atoms with Crippen molar-refractivity contribution in [1.29, 1.82) is 0 Å². The minimum Gasteiger partial charge on any atom is -0.426 e. The van der Waals surface area contributed by atoms with E-state index in [1.54, 1.807) is 0 Å². The summed E-state index contributed by atoms with van der Waals surface area (Å²) >= 11 is 0. The highest BCUT2D eigenvalue weighted by Gasteiger charge is 2.31. The molecule has 0 atom stereocenters. The Hall–Kier alpha value is -1.91. The van der Waals surface area contributed by atoms with Gasteiger partial charge < -0.3 is 4.74 Å². The maximum absolute atomic E-state index is 11.3. The highest BCUT2D eigenvalue weighted by atomic mass is 16.6. The van der Waals surface area contributed by atoms with Gasteiger partial charge in [-0.05, 0) is 18.9 Å². The van der Waals surface area contributed by atoms with Gasteiger partial charge in [0.05, 0.1) is 16.9 Å². The van der Waals surface area contributed by atoms with E-state index in [4.69, 9.17) is 4.74 Å². The monoisotopic (exact) mass is 207 g/mol. The van der Waals surface area contributed by atoms with Gasteiger partial charge in [-0.1, -0.05) is 6.07 Å². The highest BCUT2D eigenvalue weighted by molar-refractivity contribution is 5.77. The number of rotatable bonds is 3. The first-order valence-corrected chi connectivity index (χ1v) is 4.63. The van der Waals surface area contributed by atoms with Crippen molar-refractivity contribution < 1.29 is 14.5 Å². The lowest BCUT2D eigenvalue weighted by Gasteiger charge is -2.01. The van der Waals surface area contributed by atoms with Gasteiger partial charge in [0.25, 0.3) is 5.69 Å². The highest BCUT2D eigenvalue weighted by Crippen LogP contribution is 2.31. The number of esters is 1. The smallest absolute Gasteiger partial charge is 0.314 e. The number of hydrogen-bond acceptors (Lipinski definition) is 4. The van der Waals surface area contributed by atoms with Crippen molar-refractivity contribution in [3.8, 4) is 5.75 Å². The van der Waals surface area contributed by atoms with E-state index in [1.807, 2.05) is 0 Å². The van der Waals surface area contributed by atoms with E-state index < -0.39 is 4.92 Å². The van der Waals surface area contributed by atoms with Gasteiger partial charge in [0.1, 0.15) is 5.75 Å². The summed E-state index contributed by atoms with van der Waals surface area (Å²) in [7, 11) is 0. The van der Waals surface area contributed by atoms with E-state index in [2.05, 4.69) is 0 Å². The third-order valence-electron chi connectivity index (χ3n) is 2.16. The summed E-state index contributed by atoms with van der Waals surface area (Å²) in [6, 6.07) is 5.63. The van der Waals surface area contributed by atoms with E-state index in [1.165, 1.54) is 24.3 Å². The number of carbonyl (C=O) groups excluding carboxylic acids is 1. The number of hydrogen-bond donors (Lipinski definition) is 0.